The number of carbonyl (C=O) groups is 2. The van der Waals surface area contributed by atoms with Gasteiger partial charge in [0.1, 0.15) is 6.61 Å². The van der Waals surface area contributed by atoms with Gasteiger partial charge < -0.3 is 15.2 Å². The fraction of sp³-hybridized carbons (Fsp3) is 0.200. The number of nitrogens with one attached hydrogen (secondary N) is 1. The Hall–Kier alpha value is -3.38. The molecule has 0 radical (unpaired) electrons. The summed E-state index contributed by atoms with van der Waals surface area (Å²) in [6.45, 7) is 0.774. The molecule has 6 heteroatoms. The van der Waals surface area contributed by atoms with Crippen molar-refractivity contribution in [2.45, 2.75) is 18.8 Å². The van der Waals surface area contributed by atoms with Crippen molar-refractivity contribution in [1.29, 1.82) is 0 Å². The second kappa shape index (κ2) is 9.62. The second-order valence-corrected chi connectivity index (χ2v) is 8.36. The third-order valence-corrected chi connectivity index (χ3v) is 6.19. The largest absolute Gasteiger partial charge is 0.481 e. The summed E-state index contributed by atoms with van der Waals surface area (Å²) in [7, 11) is 0. The van der Waals surface area contributed by atoms with Gasteiger partial charge in [0.15, 0.2) is 0 Å². The van der Waals surface area contributed by atoms with Crippen molar-refractivity contribution in [2.24, 2.45) is 0 Å². The predicted molar refractivity (Wildman–Crippen MR) is 122 cm³/mol. The molecular weight excluding hydrogens is 410 g/mol. The first kappa shape index (κ1) is 20.9. The number of hydrogen-bond donors (Lipinski definition) is 2. The number of aliphatic carboxylic acids is 1. The molecule has 31 heavy (non-hydrogen) atoms. The van der Waals surface area contributed by atoms with Gasteiger partial charge in [0.05, 0.1) is 6.42 Å². The number of alkyl carbamates (subject to hydrolysis) is 1. The summed E-state index contributed by atoms with van der Waals surface area (Å²) in [4.78, 5) is 23.7. The highest BCUT2D eigenvalue weighted by atomic mass is 32.1. The number of ether oxygens (including phenoxy) is 1. The van der Waals surface area contributed by atoms with Crippen LogP contribution in [0, 0.1) is 0 Å². The summed E-state index contributed by atoms with van der Waals surface area (Å²) < 4.78 is 5.52. The molecule has 0 aliphatic heterocycles. The van der Waals surface area contributed by atoms with E-state index in [1.54, 1.807) is 0 Å². The van der Waals surface area contributed by atoms with E-state index in [1.807, 2.05) is 47.9 Å². The summed E-state index contributed by atoms with van der Waals surface area (Å²) in [5, 5.41) is 13.5. The Morgan fingerprint density at radius 3 is 2.42 bits per heavy atom. The van der Waals surface area contributed by atoms with Crippen LogP contribution in [0.2, 0.25) is 0 Å². The Bertz CT molecular complexity index is 1070. The molecule has 1 aliphatic carbocycles. The third-order valence-electron chi connectivity index (χ3n) is 5.23. The molecule has 3 aromatic rings. The number of thiophene rings is 1. The van der Waals surface area contributed by atoms with Crippen LogP contribution in [0.15, 0.2) is 66.1 Å². The lowest BCUT2D eigenvalue weighted by atomic mass is 9.98. The molecule has 0 atom stereocenters. The Morgan fingerprint density at radius 1 is 1.06 bits per heavy atom. The number of carboxylic acid groups (broad SMARTS) is 1. The van der Waals surface area contributed by atoms with E-state index in [0.29, 0.717) is 19.6 Å². The van der Waals surface area contributed by atoms with E-state index in [0.717, 1.165) is 10.4 Å². The smallest absolute Gasteiger partial charge is 0.407 e. The third kappa shape index (κ3) is 5.03. The lowest BCUT2D eigenvalue weighted by Gasteiger charge is -2.14. The van der Waals surface area contributed by atoms with E-state index >= 15 is 0 Å². The van der Waals surface area contributed by atoms with Gasteiger partial charge in [-0.3, -0.25) is 4.79 Å². The monoisotopic (exact) mass is 433 g/mol. The standard InChI is InChI=1S/C25H23NO4S/c27-24(28)14-18-13-17(16-31-18)7-5-6-12-26-25(29)30-15-23-21-10-3-1-8-19(21)20-9-2-4-11-22(20)23/h1-5,7-11,13,16,23H,6,12,14-15H2,(H,26,29)(H,27,28). The van der Waals surface area contributed by atoms with Gasteiger partial charge in [0.25, 0.3) is 0 Å². The van der Waals surface area contributed by atoms with Crippen LogP contribution < -0.4 is 5.32 Å². The molecule has 158 valence electrons. The molecule has 5 nitrogen and oxygen atoms in total. The van der Waals surface area contributed by atoms with Crippen LogP contribution in [0.5, 0.6) is 0 Å². The lowest BCUT2D eigenvalue weighted by Crippen LogP contribution is -2.26. The first-order valence-corrected chi connectivity index (χ1v) is 11.0. The first-order chi connectivity index (χ1) is 15.1. The molecule has 0 fully saturated rings. The van der Waals surface area contributed by atoms with Gasteiger partial charge in [-0.2, -0.15) is 0 Å². The van der Waals surface area contributed by atoms with Crippen LogP contribution in [-0.2, 0) is 16.0 Å². The van der Waals surface area contributed by atoms with Crippen molar-refractivity contribution in [2.75, 3.05) is 13.2 Å². The summed E-state index contributed by atoms with van der Waals surface area (Å²) in [6.07, 6.45) is 4.17. The topological polar surface area (TPSA) is 75.6 Å². The minimum absolute atomic E-state index is 0.0435. The van der Waals surface area contributed by atoms with E-state index in [2.05, 4.69) is 29.6 Å². The Kier molecular flexibility index (Phi) is 6.48. The van der Waals surface area contributed by atoms with Crippen LogP contribution in [-0.4, -0.2) is 30.3 Å². The van der Waals surface area contributed by atoms with Gasteiger partial charge in [0.2, 0.25) is 0 Å². The van der Waals surface area contributed by atoms with Gasteiger partial charge >= 0.3 is 12.1 Å². The van der Waals surface area contributed by atoms with Crippen LogP contribution in [0.4, 0.5) is 4.79 Å². The number of hydrogen-bond acceptors (Lipinski definition) is 4. The van der Waals surface area contributed by atoms with Crippen molar-refractivity contribution < 1.29 is 19.4 Å². The average molecular weight is 434 g/mol. The summed E-state index contributed by atoms with van der Waals surface area (Å²) >= 11 is 1.43. The molecular formula is C25H23NO4S. The summed E-state index contributed by atoms with van der Waals surface area (Å²) in [5.74, 6) is -0.777. The highest BCUT2D eigenvalue weighted by molar-refractivity contribution is 7.10. The maximum absolute atomic E-state index is 12.2. The molecule has 1 amide bonds. The summed E-state index contributed by atoms with van der Waals surface area (Å²) in [5.41, 5.74) is 5.77. The van der Waals surface area contributed by atoms with Gasteiger partial charge in [0, 0.05) is 17.3 Å². The van der Waals surface area contributed by atoms with Crippen LogP contribution >= 0.6 is 11.3 Å². The van der Waals surface area contributed by atoms with Gasteiger partial charge in [-0.1, -0.05) is 60.7 Å². The number of amides is 1. The van der Waals surface area contributed by atoms with Crippen molar-refractivity contribution in [3.8, 4) is 11.1 Å². The van der Waals surface area contributed by atoms with Crippen LogP contribution in [0.25, 0.3) is 17.2 Å². The molecule has 1 aliphatic rings. The average Bonchev–Trinajstić information content (AvgIpc) is 3.33. The SMILES string of the molecule is O=C(O)Cc1cc(C=CCCNC(=O)OCC2c3ccccc3-c3ccccc32)cs1. The zero-order valence-corrected chi connectivity index (χ0v) is 17.7. The quantitative estimate of drug-likeness (QED) is 0.472. The van der Waals surface area contributed by atoms with Gasteiger partial charge in [-0.05, 0) is 45.7 Å². The highest BCUT2D eigenvalue weighted by Gasteiger charge is 2.28. The van der Waals surface area contributed by atoms with Crippen molar-refractivity contribution in [3.63, 3.8) is 0 Å². The Morgan fingerprint density at radius 2 is 1.74 bits per heavy atom. The molecule has 0 saturated carbocycles. The maximum atomic E-state index is 12.2. The normalized spacial score (nSPS) is 12.5. The first-order valence-electron chi connectivity index (χ1n) is 10.2. The maximum Gasteiger partial charge on any atom is 0.407 e. The highest BCUT2D eigenvalue weighted by Crippen LogP contribution is 2.44. The minimum Gasteiger partial charge on any atom is -0.481 e. The molecule has 0 unspecified atom stereocenters. The fourth-order valence-corrected chi connectivity index (χ4v) is 4.70. The molecule has 2 N–H and O–H groups in total. The van der Waals surface area contributed by atoms with E-state index in [9.17, 15) is 9.59 Å². The summed E-state index contributed by atoms with van der Waals surface area (Å²) in [6, 6.07) is 18.4. The molecule has 1 aromatic heterocycles. The molecule has 1 heterocycles. The number of carboxylic acids is 1. The number of fused-ring (bicyclic) bond motifs is 3. The van der Waals surface area contributed by atoms with E-state index in [-0.39, 0.29) is 12.3 Å². The van der Waals surface area contributed by atoms with Crippen LogP contribution in [0.1, 0.15) is 33.9 Å². The molecule has 4 rings (SSSR count). The van der Waals surface area contributed by atoms with Crippen molar-refractivity contribution >= 4 is 29.5 Å². The number of benzene rings is 2. The van der Waals surface area contributed by atoms with Crippen molar-refractivity contribution in [1.82, 2.24) is 5.32 Å². The predicted octanol–water partition coefficient (Wildman–Crippen LogP) is 5.32. The molecule has 2 aromatic carbocycles. The van der Waals surface area contributed by atoms with Gasteiger partial charge in [-0.25, -0.2) is 4.79 Å². The molecule has 0 saturated heterocycles. The second-order valence-electron chi connectivity index (χ2n) is 7.36. The van der Waals surface area contributed by atoms with E-state index in [1.165, 1.54) is 33.6 Å². The van der Waals surface area contributed by atoms with Gasteiger partial charge in [-0.15, -0.1) is 11.3 Å². The van der Waals surface area contributed by atoms with E-state index in [4.69, 9.17) is 9.84 Å². The Labute approximate surface area is 185 Å². The fourth-order valence-electron chi connectivity index (χ4n) is 3.85. The molecule has 0 spiro atoms. The Balaban J connectivity index is 1.24. The minimum atomic E-state index is -0.829. The lowest BCUT2D eigenvalue weighted by molar-refractivity contribution is -0.136. The zero-order valence-electron chi connectivity index (χ0n) is 16.9. The zero-order chi connectivity index (χ0) is 21.6. The number of rotatable bonds is 8. The van der Waals surface area contributed by atoms with Crippen molar-refractivity contribution in [3.05, 3.63) is 87.6 Å². The molecule has 0 bridgehead atoms. The van der Waals surface area contributed by atoms with Crippen LogP contribution in [0.3, 0.4) is 0 Å². The van der Waals surface area contributed by atoms with E-state index < -0.39 is 12.1 Å². The number of carbonyl (C=O) groups excluding carboxylic acids is 1.